The Kier molecular flexibility index (Phi) is 3.39. The van der Waals surface area contributed by atoms with E-state index in [0.717, 1.165) is 11.6 Å². The second-order valence-electron chi connectivity index (χ2n) is 3.94. The van der Waals surface area contributed by atoms with E-state index in [2.05, 4.69) is 0 Å². The highest BCUT2D eigenvalue weighted by atomic mass is 19.4. The first-order valence-corrected chi connectivity index (χ1v) is 5.48. The van der Waals surface area contributed by atoms with Crippen molar-refractivity contribution in [1.82, 2.24) is 0 Å². The quantitative estimate of drug-likeness (QED) is 0.862. The fraction of sp³-hybridized carbons (Fsp3) is 0.143. The number of benzene rings is 2. The van der Waals surface area contributed by atoms with Crippen molar-refractivity contribution in [2.45, 2.75) is 12.7 Å². The predicted molar refractivity (Wildman–Crippen MR) is 64.8 cm³/mol. The monoisotopic (exact) mass is 251 g/mol. The summed E-state index contributed by atoms with van der Waals surface area (Å²) in [7, 11) is 0. The van der Waals surface area contributed by atoms with Crippen molar-refractivity contribution < 1.29 is 13.2 Å². The molecule has 0 spiro atoms. The molecule has 0 fully saturated rings. The number of hydrogen-bond donors (Lipinski definition) is 1. The van der Waals surface area contributed by atoms with Gasteiger partial charge in [0.25, 0.3) is 0 Å². The highest BCUT2D eigenvalue weighted by molar-refractivity contribution is 5.65. The highest BCUT2D eigenvalue weighted by Crippen LogP contribution is 2.34. The number of nitrogens with two attached hydrogens (primary N) is 1. The third kappa shape index (κ3) is 2.54. The summed E-state index contributed by atoms with van der Waals surface area (Å²) in [4.78, 5) is 0. The van der Waals surface area contributed by atoms with E-state index in [4.69, 9.17) is 5.73 Å². The molecule has 0 aliphatic carbocycles. The summed E-state index contributed by atoms with van der Waals surface area (Å²) in [5.74, 6) is 0. The van der Waals surface area contributed by atoms with E-state index in [-0.39, 0.29) is 12.1 Å². The van der Waals surface area contributed by atoms with Crippen molar-refractivity contribution in [3.05, 3.63) is 59.7 Å². The van der Waals surface area contributed by atoms with Crippen LogP contribution in [0.1, 0.15) is 11.1 Å². The molecule has 0 unspecified atom stereocenters. The molecule has 0 atom stereocenters. The number of rotatable bonds is 2. The van der Waals surface area contributed by atoms with Crippen LogP contribution in [0.5, 0.6) is 0 Å². The Hall–Kier alpha value is -1.81. The maximum atomic E-state index is 12.9. The van der Waals surface area contributed by atoms with Gasteiger partial charge in [0, 0.05) is 6.54 Å². The Morgan fingerprint density at radius 3 is 2.11 bits per heavy atom. The van der Waals surface area contributed by atoms with Gasteiger partial charge < -0.3 is 5.73 Å². The van der Waals surface area contributed by atoms with E-state index in [9.17, 15) is 13.2 Å². The molecule has 2 rings (SSSR count). The fourth-order valence-electron chi connectivity index (χ4n) is 1.83. The van der Waals surface area contributed by atoms with Crippen LogP contribution < -0.4 is 5.73 Å². The lowest BCUT2D eigenvalue weighted by Gasteiger charge is -2.13. The van der Waals surface area contributed by atoms with Gasteiger partial charge in [-0.1, -0.05) is 42.5 Å². The topological polar surface area (TPSA) is 26.0 Å². The zero-order valence-corrected chi connectivity index (χ0v) is 9.54. The first-order valence-electron chi connectivity index (χ1n) is 5.48. The minimum atomic E-state index is -4.38. The predicted octanol–water partition coefficient (Wildman–Crippen LogP) is 3.83. The van der Waals surface area contributed by atoms with Crippen LogP contribution in [0.3, 0.4) is 0 Å². The normalized spacial score (nSPS) is 11.6. The molecule has 2 N–H and O–H groups in total. The van der Waals surface area contributed by atoms with Crippen molar-refractivity contribution in [3.63, 3.8) is 0 Å². The van der Waals surface area contributed by atoms with Gasteiger partial charge in [-0.2, -0.15) is 13.2 Å². The molecule has 0 radical (unpaired) electrons. The first kappa shape index (κ1) is 12.6. The molecule has 0 heterocycles. The Balaban J connectivity index is 2.53. The van der Waals surface area contributed by atoms with Gasteiger partial charge in [0.2, 0.25) is 0 Å². The van der Waals surface area contributed by atoms with Crippen LogP contribution in [0, 0.1) is 0 Å². The van der Waals surface area contributed by atoms with E-state index < -0.39 is 11.7 Å². The van der Waals surface area contributed by atoms with Gasteiger partial charge in [-0.3, -0.25) is 0 Å². The van der Waals surface area contributed by atoms with Crippen molar-refractivity contribution in [3.8, 4) is 11.1 Å². The summed E-state index contributed by atoms with van der Waals surface area (Å²) < 4.78 is 38.6. The molecule has 0 amide bonds. The van der Waals surface area contributed by atoms with Crippen LogP contribution in [0.4, 0.5) is 13.2 Å². The lowest BCUT2D eigenvalue weighted by atomic mass is 9.99. The summed E-state index contributed by atoms with van der Waals surface area (Å²) in [6.45, 7) is -0.121. The van der Waals surface area contributed by atoms with E-state index in [1.54, 1.807) is 30.3 Å². The van der Waals surface area contributed by atoms with E-state index in [0.29, 0.717) is 5.56 Å². The third-order valence-electron chi connectivity index (χ3n) is 2.74. The first-order chi connectivity index (χ1) is 8.52. The largest absolute Gasteiger partial charge is 0.416 e. The van der Waals surface area contributed by atoms with Crippen LogP contribution in [-0.4, -0.2) is 0 Å². The molecule has 0 aromatic heterocycles. The summed E-state index contributed by atoms with van der Waals surface area (Å²) in [5.41, 5.74) is 6.09. The van der Waals surface area contributed by atoms with E-state index >= 15 is 0 Å². The number of alkyl halides is 3. The van der Waals surface area contributed by atoms with Crippen molar-refractivity contribution >= 4 is 0 Å². The van der Waals surface area contributed by atoms with Crippen molar-refractivity contribution in [1.29, 1.82) is 0 Å². The Morgan fingerprint density at radius 1 is 0.889 bits per heavy atom. The second-order valence-corrected chi connectivity index (χ2v) is 3.94. The van der Waals surface area contributed by atoms with E-state index in [1.165, 1.54) is 6.07 Å². The lowest BCUT2D eigenvalue weighted by molar-refractivity contribution is -0.138. The molecule has 94 valence electrons. The molecule has 4 heteroatoms. The zero-order valence-electron chi connectivity index (χ0n) is 9.54. The minimum Gasteiger partial charge on any atom is -0.326 e. The Labute approximate surface area is 103 Å². The molecule has 0 aliphatic rings. The lowest BCUT2D eigenvalue weighted by Crippen LogP contribution is -2.12. The van der Waals surface area contributed by atoms with Crippen molar-refractivity contribution in [2.75, 3.05) is 0 Å². The maximum absolute atomic E-state index is 12.9. The summed E-state index contributed by atoms with van der Waals surface area (Å²) in [5, 5.41) is 0. The summed E-state index contributed by atoms with van der Waals surface area (Å²) in [6.07, 6.45) is -4.38. The maximum Gasteiger partial charge on any atom is 0.416 e. The molecule has 0 saturated heterocycles. The van der Waals surface area contributed by atoms with Gasteiger partial charge in [-0.15, -0.1) is 0 Å². The average Bonchev–Trinajstić information content (AvgIpc) is 2.38. The molecule has 0 bridgehead atoms. The highest BCUT2D eigenvalue weighted by Gasteiger charge is 2.33. The summed E-state index contributed by atoms with van der Waals surface area (Å²) in [6, 6.07) is 13.2. The Morgan fingerprint density at radius 2 is 1.56 bits per heavy atom. The van der Waals surface area contributed by atoms with Gasteiger partial charge in [-0.25, -0.2) is 0 Å². The van der Waals surface area contributed by atoms with Crippen LogP contribution in [0.2, 0.25) is 0 Å². The minimum absolute atomic E-state index is 0.113. The molecule has 0 aliphatic heterocycles. The number of halogens is 3. The SMILES string of the molecule is NCc1ccc(-c2ccccc2)cc1C(F)(F)F. The molecular weight excluding hydrogens is 239 g/mol. The van der Waals surface area contributed by atoms with Gasteiger partial charge >= 0.3 is 6.18 Å². The molecule has 2 aromatic carbocycles. The third-order valence-corrected chi connectivity index (χ3v) is 2.74. The van der Waals surface area contributed by atoms with E-state index in [1.807, 2.05) is 6.07 Å². The smallest absolute Gasteiger partial charge is 0.326 e. The standard InChI is InChI=1S/C14H12F3N/c15-14(16,17)13-8-11(6-7-12(13)9-18)10-4-2-1-3-5-10/h1-8H,9,18H2. The number of hydrogen-bond acceptors (Lipinski definition) is 1. The van der Waals surface area contributed by atoms with Gasteiger partial charge in [0.05, 0.1) is 5.56 Å². The van der Waals surface area contributed by atoms with Crippen LogP contribution in [0.25, 0.3) is 11.1 Å². The average molecular weight is 251 g/mol. The summed E-state index contributed by atoms with van der Waals surface area (Å²) >= 11 is 0. The van der Waals surface area contributed by atoms with Crippen LogP contribution in [-0.2, 0) is 12.7 Å². The molecule has 18 heavy (non-hydrogen) atoms. The van der Waals surface area contributed by atoms with Gasteiger partial charge in [-0.05, 0) is 22.8 Å². The molecule has 0 saturated carbocycles. The van der Waals surface area contributed by atoms with Gasteiger partial charge in [0.15, 0.2) is 0 Å². The van der Waals surface area contributed by atoms with Crippen LogP contribution in [0.15, 0.2) is 48.5 Å². The molecule has 2 aromatic rings. The Bertz CT molecular complexity index is 532. The second kappa shape index (κ2) is 4.82. The molecule has 1 nitrogen and oxygen atoms in total. The van der Waals surface area contributed by atoms with Crippen molar-refractivity contribution in [2.24, 2.45) is 5.73 Å². The zero-order chi connectivity index (χ0) is 13.2. The van der Waals surface area contributed by atoms with Gasteiger partial charge in [0.1, 0.15) is 0 Å². The molecular formula is C14H12F3N. The fourth-order valence-corrected chi connectivity index (χ4v) is 1.83. The van der Waals surface area contributed by atoms with Crippen LogP contribution >= 0.6 is 0 Å².